The van der Waals surface area contributed by atoms with Crippen molar-refractivity contribution in [2.75, 3.05) is 31.0 Å². The van der Waals surface area contributed by atoms with Crippen LogP contribution >= 0.6 is 0 Å². The number of benzene rings is 1. The molecule has 0 spiro atoms. The molecule has 0 fully saturated rings. The van der Waals surface area contributed by atoms with Crippen LogP contribution in [-0.2, 0) is 33.7 Å². The van der Waals surface area contributed by atoms with Gasteiger partial charge in [0.25, 0.3) is 0 Å². The molecular weight excluding hydrogens is 537 g/mol. The maximum Gasteiger partial charge on any atom is 0.573 e. The summed E-state index contributed by atoms with van der Waals surface area (Å²) in [6.07, 6.45) is -2.31. The van der Waals surface area contributed by atoms with Gasteiger partial charge in [-0.05, 0) is 55.2 Å². The third-order valence-corrected chi connectivity index (χ3v) is 5.19. The van der Waals surface area contributed by atoms with Crippen LogP contribution in [0.5, 0.6) is 5.75 Å². The zero-order valence-corrected chi connectivity index (χ0v) is 21.4. The molecule has 3 rings (SSSR count). The normalized spacial score (nSPS) is 11.1. The SMILES string of the molecule is COCCOC(=O)Nc1ccn(CCCCc2ccc(NC(=O)Cc3cccc(OC(F)(F)F)c3)nn2)c(=O)n1. The fourth-order valence-corrected chi connectivity index (χ4v) is 3.40. The largest absolute Gasteiger partial charge is 0.573 e. The molecule has 1 aromatic carbocycles. The summed E-state index contributed by atoms with van der Waals surface area (Å²) in [5.74, 6) is -0.608. The summed E-state index contributed by atoms with van der Waals surface area (Å²) in [5, 5.41) is 13.0. The number of halogens is 3. The monoisotopic (exact) mass is 564 g/mol. The average molecular weight is 565 g/mol. The molecule has 0 aliphatic carbocycles. The minimum Gasteiger partial charge on any atom is -0.447 e. The molecule has 40 heavy (non-hydrogen) atoms. The Labute approximate surface area is 226 Å². The number of rotatable bonds is 13. The molecule has 0 aliphatic rings. The lowest BCUT2D eigenvalue weighted by Gasteiger charge is -2.10. The van der Waals surface area contributed by atoms with Crippen LogP contribution in [-0.4, -0.2) is 58.4 Å². The van der Waals surface area contributed by atoms with E-state index in [4.69, 9.17) is 9.47 Å². The van der Waals surface area contributed by atoms with Gasteiger partial charge in [0.1, 0.15) is 18.2 Å². The van der Waals surface area contributed by atoms with E-state index in [2.05, 4.69) is 30.6 Å². The predicted octanol–water partition coefficient (Wildman–Crippen LogP) is 3.33. The van der Waals surface area contributed by atoms with E-state index in [0.29, 0.717) is 37.1 Å². The molecule has 0 aliphatic heterocycles. The molecule has 2 amide bonds. The number of anilines is 2. The highest BCUT2D eigenvalue weighted by Crippen LogP contribution is 2.23. The van der Waals surface area contributed by atoms with Gasteiger partial charge in [-0.25, -0.2) is 9.59 Å². The first-order valence-corrected chi connectivity index (χ1v) is 12.1. The van der Waals surface area contributed by atoms with E-state index in [1.54, 1.807) is 12.1 Å². The molecule has 12 nitrogen and oxygen atoms in total. The fourth-order valence-electron chi connectivity index (χ4n) is 3.40. The summed E-state index contributed by atoms with van der Waals surface area (Å²) in [6, 6.07) is 9.92. The maximum atomic E-state index is 12.4. The first kappa shape index (κ1) is 30.0. The third kappa shape index (κ3) is 10.7. The van der Waals surface area contributed by atoms with Crippen LogP contribution < -0.4 is 21.1 Å². The molecule has 15 heteroatoms. The van der Waals surface area contributed by atoms with Crippen molar-refractivity contribution in [2.45, 2.75) is 38.6 Å². The topological polar surface area (TPSA) is 147 Å². The number of hydrogen-bond donors (Lipinski definition) is 2. The summed E-state index contributed by atoms with van der Waals surface area (Å²) >= 11 is 0. The maximum absolute atomic E-state index is 12.4. The number of hydrogen-bond acceptors (Lipinski definition) is 9. The van der Waals surface area contributed by atoms with Gasteiger partial charge in [-0.2, -0.15) is 10.1 Å². The molecule has 0 atom stereocenters. The van der Waals surface area contributed by atoms with Crippen LogP contribution in [0.3, 0.4) is 0 Å². The molecule has 0 radical (unpaired) electrons. The number of amides is 2. The molecule has 0 saturated heterocycles. The van der Waals surface area contributed by atoms with Gasteiger partial charge in [0.15, 0.2) is 5.82 Å². The van der Waals surface area contributed by atoms with E-state index >= 15 is 0 Å². The van der Waals surface area contributed by atoms with Gasteiger partial charge in [0.05, 0.1) is 18.7 Å². The Hall–Kier alpha value is -4.53. The van der Waals surface area contributed by atoms with E-state index in [9.17, 15) is 27.6 Å². The zero-order chi connectivity index (χ0) is 29.0. The second-order valence-corrected chi connectivity index (χ2v) is 8.33. The summed E-state index contributed by atoms with van der Waals surface area (Å²) in [7, 11) is 1.48. The quantitative estimate of drug-likeness (QED) is 0.299. The van der Waals surface area contributed by atoms with Crippen molar-refractivity contribution in [3.8, 4) is 5.75 Å². The number of alkyl halides is 3. The Morgan fingerprint density at radius 1 is 1.00 bits per heavy atom. The Balaban J connectivity index is 1.40. The van der Waals surface area contributed by atoms with E-state index in [1.165, 1.54) is 36.1 Å². The van der Waals surface area contributed by atoms with Crippen LogP contribution in [0.1, 0.15) is 24.1 Å². The summed E-state index contributed by atoms with van der Waals surface area (Å²) in [6.45, 7) is 0.727. The standard InChI is InChI=1S/C25H27F3N6O6/c1-38-13-14-39-24(37)31-20-10-12-34(23(36)30-20)11-3-2-6-18-8-9-21(33-32-18)29-22(35)16-17-5-4-7-19(15-17)40-25(26,27)28/h4-5,7-10,12,15H,2-3,6,11,13-14,16H2,1H3,(H,29,33,35)(H,30,31,36,37). The highest BCUT2D eigenvalue weighted by molar-refractivity contribution is 5.91. The number of carbonyl (C=O) groups is 2. The smallest absolute Gasteiger partial charge is 0.447 e. The van der Waals surface area contributed by atoms with Gasteiger partial charge in [-0.3, -0.25) is 14.7 Å². The van der Waals surface area contributed by atoms with E-state index < -0.39 is 29.8 Å². The van der Waals surface area contributed by atoms with Gasteiger partial charge in [-0.1, -0.05) is 12.1 Å². The fraction of sp³-hybridized carbons (Fsp3) is 0.360. The number of aromatic nitrogens is 4. The van der Waals surface area contributed by atoms with Crippen molar-refractivity contribution in [1.82, 2.24) is 19.7 Å². The van der Waals surface area contributed by atoms with Crippen molar-refractivity contribution >= 4 is 23.6 Å². The second kappa shape index (κ2) is 14.6. The van der Waals surface area contributed by atoms with Crippen molar-refractivity contribution < 1.29 is 37.0 Å². The van der Waals surface area contributed by atoms with E-state index in [-0.39, 0.29) is 31.3 Å². The number of aryl methyl sites for hydroxylation is 2. The minimum atomic E-state index is -4.82. The van der Waals surface area contributed by atoms with Crippen LogP contribution in [0.15, 0.2) is 53.5 Å². The number of unbranched alkanes of at least 4 members (excludes halogenated alkanes) is 1. The van der Waals surface area contributed by atoms with Gasteiger partial charge in [0, 0.05) is 19.9 Å². The molecule has 0 saturated carbocycles. The Kier molecular flexibility index (Phi) is 10.9. The Morgan fingerprint density at radius 2 is 1.82 bits per heavy atom. The van der Waals surface area contributed by atoms with E-state index in [1.807, 2.05) is 0 Å². The molecule has 0 unspecified atom stereocenters. The van der Waals surface area contributed by atoms with Gasteiger partial charge >= 0.3 is 18.1 Å². The number of nitrogens with one attached hydrogen (secondary N) is 2. The number of methoxy groups -OCH3 is 1. The lowest BCUT2D eigenvalue weighted by molar-refractivity contribution is -0.274. The average Bonchev–Trinajstić information content (AvgIpc) is 2.88. The summed E-state index contributed by atoms with van der Waals surface area (Å²) in [5.41, 5.74) is 0.491. The molecule has 2 aromatic heterocycles. The van der Waals surface area contributed by atoms with Crippen molar-refractivity contribution in [1.29, 1.82) is 0 Å². The highest BCUT2D eigenvalue weighted by Gasteiger charge is 2.31. The van der Waals surface area contributed by atoms with E-state index in [0.717, 1.165) is 12.1 Å². The van der Waals surface area contributed by atoms with Crippen molar-refractivity contribution in [3.63, 3.8) is 0 Å². The lowest BCUT2D eigenvalue weighted by atomic mass is 10.1. The van der Waals surface area contributed by atoms with Crippen LogP contribution in [0.4, 0.5) is 29.6 Å². The van der Waals surface area contributed by atoms with Crippen LogP contribution in [0.25, 0.3) is 0 Å². The first-order chi connectivity index (χ1) is 19.1. The number of carbonyl (C=O) groups excluding carboxylic acids is 2. The number of nitrogens with zero attached hydrogens (tertiary/aromatic N) is 4. The molecular formula is C25H27F3N6O6. The van der Waals surface area contributed by atoms with Crippen molar-refractivity contribution in [3.05, 3.63) is 70.4 Å². The van der Waals surface area contributed by atoms with Crippen molar-refractivity contribution in [2.24, 2.45) is 0 Å². The van der Waals surface area contributed by atoms with Gasteiger partial charge in [-0.15, -0.1) is 18.3 Å². The third-order valence-electron chi connectivity index (χ3n) is 5.19. The summed E-state index contributed by atoms with van der Waals surface area (Å²) < 4.78 is 52.1. The highest BCUT2D eigenvalue weighted by atomic mass is 19.4. The Bertz CT molecular complexity index is 1330. The molecule has 0 bridgehead atoms. The lowest BCUT2D eigenvalue weighted by Crippen LogP contribution is -2.25. The minimum absolute atomic E-state index is 0.0727. The number of ether oxygens (including phenoxy) is 3. The van der Waals surface area contributed by atoms with Crippen LogP contribution in [0, 0.1) is 0 Å². The summed E-state index contributed by atoms with van der Waals surface area (Å²) in [4.78, 5) is 39.9. The predicted molar refractivity (Wildman–Crippen MR) is 136 cm³/mol. The molecule has 2 heterocycles. The Morgan fingerprint density at radius 3 is 2.52 bits per heavy atom. The molecule has 3 aromatic rings. The second-order valence-electron chi connectivity index (χ2n) is 8.33. The van der Waals surface area contributed by atoms with Gasteiger partial charge in [0.2, 0.25) is 5.91 Å². The molecule has 2 N–H and O–H groups in total. The zero-order valence-electron chi connectivity index (χ0n) is 21.4. The molecule has 214 valence electrons. The first-order valence-electron chi connectivity index (χ1n) is 12.1. The van der Waals surface area contributed by atoms with Gasteiger partial charge < -0.3 is 19.5 Å². The van der Waals surface area contributed by atoms with Crippen LogP contribution in [0.2, 0.25) is 0 Å².